The van der Waals surface area contributed by atoms with Gasteiger partial charge in [0.25, 0.3) is 11.1 Å². The number of carbonyl (C=O) groups excluding carboxylic acids is 1. The molecule has 0 unspecified atom stereocenters. The van der Waals surface area contributed by atoms with Crippen LogP contribution in [0.15, 0.2) is 82.4 Å². The molecule has 0 bridgehead atoms. The van der Waals surface area contributed by atoms with Crippen LogP contribution in [0.25, 0.3) is 11.1 Å². The van der Waals surface area contributed by atoms with Gasteiger partial charge >= 0.3 is 0 Å². The largest absolute Gasteiger partial charge is 0.497 e. The number of fused-ring (bicyclic) bond motifs is 1. The molecule has 0 aliphatic carbocycles. The van der Waals surface area contributed by atoms with Gasteiger partial charge in [0, 0.05) is 49.2 Å². The molecule has 0 saturated carbocycles. The van der Waals surface area contributed by atoms with Crippen molar-refractivity contribution in [1.82, 2.24) is 9.88 Å². The van der Waals surface area contributed by atoms with Crippen molar-refractivity contribution in [2.45, 2.75) is 11.0 Å². The number of methoxy groups -OCH3 is 1. The molecule has 1 fully saturated rings. The summed E-state index contributed by atoms with van der Waals surface area (Å²) in [6.45, 7) is 2.95. The number of nitrogens with zero attached hydrogens (tertiary/aromatic N) is 3. The van der Waals surface area contributed by atoms with Crippen LogP contribution in [0.4, 0.5) is 5.69 Å². The number of carbonyl (C=O) groups is 1. The maximum atomic E-state index is 13.4. The highest BCUT2D eigenvalue weighted by Gasteiger charge is 2.24. The van der Waals surface area contributed by atoms with Gasteiger partial charge in [-0.15, -0.1) is 0 Å². The van der Waals surface area contributed by atoms with E-state index in [1.54, 1.807) is 7.11 Å². The molecule has 1 aromatic heterocycles. The third-order valence-electron chi connectivity index (χ3n) is 5.86. The number of oxazole rings is 1. The predicted octanol–water partition coefficient (Wildman–Crippen LogP) is 5.09. The fraction of sp³-hybridized carbons (Fsp3) is 0.231. The summed E-state index contributed by atoms with van der Waals surface area (Å²) in [7, 11) is 1.68. The first kappa shape index (κ1) is 21.4. The Balaban J connectivity index is 1.24. The van der Waals surface area contributed by atoms with Crippen molar-refractivity contribution in [3.8, 4) is 5.75 Å². The summed E-state index contributed by atoms with van der Waals surface area (Å²) in [5.74, 6) is 1.55. The number of amides is 1. The van der Waals surface area contributed by atoms with E-state index in [9.17, 15) is 4.79 Å². The number of rotatable bonds is 6. The van der Waals surface area contributed by atoms with Gasteiger partial charge < -0.3 is 19.0 Å². The van der Waals surface area contributed by atoms with Crippen LogP contribution in [-0.2, 0) is 5.75 Å². The van der Waals surface area contributed by atoms with Crippen LogP contribution in [0.2, 0.25) is 0 Å². The highest BCUT2D eigenvalue weighted by atomic mass is 32.2. The van der Waals surface area contributed by atoms with Gasteiger partial charge in [-0.05, 0) is 35.9 Å². The monoisotopic (exact) mass is 459 g/mol. The molecule has 1 amide bonds. The Bertz CT molecular complexity index is 1230. The quantitative estimate of drug-likeness (QED) is 0.374. The van der Waals surface area contributed by atoms with Crippen LogP contribution in [0, 0.1) is 0 Å². The van der Waals surface area contributed by atoms with Crippen molar-refractivity contribution in [3.63, 3.8) is 0 Å². The van der Waals surface area contributed by atoms with Gasteiger partial charge in [-0.3, -0.25) is 4.79 Å². The van der Waals surface area contributed by atoms with E-state index in [2.05, 4.69) is 16.0 Å². The highest BCUT2D eigenvalue weighted by molar-refractivity contribution is 7.98. The summed E-state index contributed by atoms with van der Waals surface area (Å²) in [4.78, 5) is 22.1. The van der Waals surface area contributed by atoms with E-state index in [-0.39, 0.29) is 5.91 Å². The normalized spacial score (nSPS) is 14.0. The van der Waals surface area contributed by atoms with Crippen LogP contribution in [-0.4, -0.2) is 49.1 Å². The Morgan fingerprint density at radius 2 is 1.79 bits per heavy atom. The Hall–Kier alpha value is -3.45. The van der Waals surface area contributed by atoms with E-state index in [1.807, 2.05) is 71.6 Å². The number of para-hydroxylation sites is 2. The summed E-state index contributed by atoms with van der Waals surface area (Å²) >= 11 is 1.51. The molecule has 33 heavy (non-hydrogen) atoms. The maximum Gasteiger partial charge on any atom is 0.257 e. The average molecular weight is 460 g/mol. The zero-order chi connectivity index (χ0) is 22.6. The number of anilines is 1. The number of ether oxygens (including phenoxy) is 1. The first-order valence-electron chi connectivity index (χ1n) is 11.0. The predicted molar refractivity (Wildman–Crippen MR) is 131 cm³/mol. The molecule has 1 saturated heterocycles. The van der Waals surface area contributed by atoms with Gasteiger partial charge in [0.15, 0.2) is 5.58 Å². The minimum absolute atomic E-state index is 0.0778. The molecule has 1 aliphatic rings. The van der Waals surface area contributed by atoms with E-state index in [0.717, 1.165) is 46.8 Å². The molecular weight excluding hydrogens is 434 g/mol. The van der Waals surface area contributed by atoms with Crippen molar-refractivity contribution in [1.29, 1.82) is 0 Å². The molecule has 0 spiro atoms. The second-order valence-electron chi connectivity index (χ2n) is 7.87. The Labute approximate surface area is 197 Å². The van der Waals surface area contributed by atoms with Crippen molar-refractivity contribution in [3.05, 3.63) is 83.9 Å². The zero-order valence-corrected chi connectivity index (χ0v) is 19.3. The highest BCUT2D eigenvalue weighted by Crippen LogP contribution is 2.28. The van der Waals surface area contributed by atoms with Crippen molar-refractivity contribution in [2.75, 3.05) is 38.2 Å². The lowest BCUT2D eigenvalue weighted by atomic mass is 10.1. The van der Waals surface area contributed by atoms with Gasteiger partial charge in [-0.25, -0.2) is 4.98 Å². The molecule has 6 nitrogen and oxygen atoms in total. The summed E-state index contributed by atoms with van der Waals surface area (Å²) in [5, 5.41) is 0.616. The first-order valence-corrected chi connectivity index (χ1v) is 11.9. The minimum Gasteiger partial charge on any atom is -0.497 e. The van der Waals surface area contributed by atoms with E-state index >= 15 is 0 Å². The van der Waals surface area contributed by atoms with Crippen molar-refractivity contribution < 1.29 is 13.9 Å². The summed E-state index contributed by atoms with van der Waals surface area (Å²) in [6, 6.07) is 23.6. The Kier molecular flexibility index (Phi) is 6.21. The summed E-state index contributed by atoms with van der Waals surface area (Å²) in [5.41, 5.74) is 4.48. The van der Waals surface area contributed by atoms with Crippen LogP contribution in [0.5, 0.6) is 5.75 Å². The van der Waals surface area contributed by atoms with Gasteiger partial charge in [0.2, 0.25) is 0 Å². The number of hydrogen-bond acceptors (Lipinski definition) is 6. The van der Waals surface area contributed by atoms with Gasteiger partial charge in [0.05, 0.1) is 7.11 Å². The summed E-state index contributed by atoms with van der Waals surface area (Å²) < 4.78 is 11.2. The smallest absolute Gasteiger partial charge is 0.257 e. The molecule has 3 aromatic carbocycles. The maximum absolute atomic E-state index is 13.4. The molecule has 5 rings (SSSR count). The molecule has 1 aliphatic heterocycles. The Morgan fingerprint density at radius 3 is 2.61 bits per heavy atom. The zero-order valence-electron chi connectivity index (χ0n) is 18.4. The molecule has 168 valence electrons. The van der Waals surface area contributed by atoms with E-state index in [1.165, 1.54) is 11.8 Å². The number of thioether (sulfide) groups is 1. The molecule has 2 heterocycles. The van der Waals surface area contributed by atoms with Gasteiger partial charge in [-0.1, -0.05) is 48.2 Å². The second kappa shape index (κ2) is 9.58. The third-order valence-corrected chi connectivity index (χ3v) is 6.74. The van der Waals surface area contributed by atoms with E-state index in [0.29, 0.717) is 24.1 Å². The molecule has 4 aromatic rings. The fourth-order valence-corrected chi connectivity index (χ4v) is 4.89. The van der Waals surface area contributed by atoms with Crippen LogP contribution >= 0.6 is 11.8 Å². The van der Waals surface area contributed by atoms with Gasteiger partial charge in [0.1, 0.15) is 11.3 Å². The van der Waals surface area contributed by atoms with E-state index in [4.69, 9.17) is 9.15 Å². The average Bonchev–Trinajstić information content (AvgIpc) is 3.30. The molecule has 7 heteroatoms. The van der Waals surface area contributed by atoms with Gasteiger partial charge in [-0.2, -0.15) is 0 Å². The lowest BCUT2D eigenvalue weighted by Crippen LogP contribution is -2.49. The first-order chi connectivity index (χ1) is 16.2. The number of benzene rings is 3. The second-order valence-corrected chi connectivity index (χ2v) is 8.80. The molecule has 0 N–H and O–H groups in total. The topological polar surface area (TPSA) is 58.8 Å². The van der Waals surface area contributed by atoms with Crippen LogP contribution < -0.4 is 9.64 Å². The number of aromatic nitrogens is 1. The third kappa shape index (κ3) is 4.68. The summed E-state index contributed by atoms with van der Waals surface area (Å²) in [6.07, 6.45) is 0. The minimum atomic E-state index is 0.0778. The van der Waals surface area contributed by atoms with Crippen LogP contribution in [0.3, 0.4) is 0 Å². The standard InChI is InChI=1S/C26H25N3O3S/c1-31-21-9-6-8-20(17-21)28-13-15-29(16-14-28)25(30)22-10-3-2-7-19(22)18-33-26-27-23-11-4-5-12-24(23)32-26/h2-12,17H,13-16,18H2,1H3. The lowest BCUT2D eigenvalue weighted by Gasteiger charge is -2.36. The van der Waals surface area contributed by atoms with Crippen molar-refractivity contribution >= 4 is 34.5 Å². The fourth-order valence-electron chi connectivity index (χ4n) is 4.05. The molecule has 0 atom stereocenters. The molecular formula is C26H25N3O3S. The number of piperazine rings is 1. The SMILES string of the molecule is COc1cccc(N2CCN(C(=O)c3ccccc3CSc3nc4ccccc4o3)CC2)c1. The molecule has 0 radical (unpaired) electrons. The van der Waals surface area contributed by atoms with Crippen molar-refractivity contribution in [2.24, 2.45) is 0 Å². The van der Waals surface area contributed by atoms with Crippen LogP contribution in [0.1, 0.15) is 15.9 Å². The van der Waals surface area contributed by atoms with E-state index < -0.39 is 0 Å². The number of hydrogen-bond donors (Lipinski definition) is 0. The lowest BCUT2D eigenvalue weighted by molar-refractivity contribution is 0.0746. The Morgan fingerprint density at radius 1 is 1.00 bits per heavy atom.